The van der Waals surface area contributed by atoms with Crippen LogP contribution in [-0.4, -0.2) is 15.9 Å². The SMILES string of the molecule is Cc1cc(-c2ccc(CNc3ncc(C(F)(F)F)cc3C(=O)NCc3cccc(F)c3F)cc2)cnc1N. The van der Waals surface area contributed by atoms with Crippen LogP contribution >= 0.6 is 0 Å². The van der Waals surface area contributed by atoms with E-state index in [1.807, 2.05) is 37.3 Å². The molecule has 4 N–H and O–H groups in total. The Kier molecular flexibility index (Phi) is 7.56. The maximum atomic E-state index is 13.9. The fourth-order valence-corrected chi connectivity index (χ4v) is 3.63. The summed E-state index contributed by atoms with van der Waals surface area (Å²) in [6, 6.07) is 13.3. The minimum Gasteiger partial charge on any atom is -0.383 e. The largest absolute Gasteiger partial charge is 0.417 e. The van der Waals surface area contributed by atoms with Crippen LogP contribution in [0.15, 0.2) is 67.0 Å². The molecule has 0 saturated heterocycles. The number of carbonyl (C=O) groups is 1. The van der Waals surface area contributed by atoms with Crippen molar-refractivity contribution < 1.29 is 26.7 Å². The Balaban J connectivity index is 1.52. The number of nitrogen functional groups attached to an aromatic ring is 1. The molecular formula is C27H22F5N5O. The molecule has 6 nitrogen and oxygen atoms in total. The predicted molar refractivity (Wildman–Crippen MR) is 133 cm³/mol. The number of aryl methyl sites for hydroxylation is 1. The van der Waals surface area contributed by atoms with Gasteiger partial charge in [0.15, 0.2) is 11.6 Å². The van der Waals surface area contributed by atoms with Crippen LogP contribution in [0.3, 0.4) is 0 Å². The maximum Gasteiger partial charge on any atom is 0.417 e. The van der Waals surface area contributed by atoms with Gasteiger partial charge in [0.05, 0.1) is 11.1 Å². The lowest BCUT2D eigenvalue weighted by atomic mass is 10.0. The molecule has 2 aromatic carbocycles. The Morgan fingerprint density at radius 3 is 2.37 bits per heavy atom. The van der Waals surface area contributed by atoms with Gasteiger partial charge in [0.1, 0.15) is 11.6 Å². The van der Waals surface area contributed by atoms with Crippen molar-refractivity contribution in [1.82, 2.24) is 15.3 Å². The summed E-state index contributed by atoms with van der Waals surface area (Å²) in [7, 11) is 0. The van der Waals surface area contributed by atoms with Crippen LogP contribution in [0.4, 0.5) is 33.6 Å². The number of nitrogens with two attached hydrogens (primary N) is 1. The van der Waals surface area contributed by atoms with Crippen molar-refractivity contribution in [3.8, 4) is 11.1 Å². The van der Waals surface area contributed by atoms with E-state index >= 15 is 0 Å². The van der Waals surface area contributed by atoms with Crippen LogP contribution in [0.5, 0.6) is 0 Å². The molecule has 4 aromatic rings. The summed E-state index contributed by atoms with van der Waals surface area (Å²) in [5.74, 6) is -2.84. The number of halogens is 5. The lowest BCUT2D eigenvalue weighted by Crippen LogP contribution is -2.25. The molecule has 0 aliphatic rings. The first kappa shape index (κ1) is 26.5. The van der Waals surface area contributed by atoms with Crippen LogP contribution < -0.4 is 16.4 Å². The van der Waals surface area contributed by atoms with Crippen molar-refractivity contribution in [2.24, 2.45) is 0 Å². The Bertz CT molecular complexity index is 1470. The van der Waals surface area contributed by atoms with Crippen molar-refractivity contribution in [1.29, 1.82) is 0 Å². The molecule has 0 radical (unpaired) electrons. The number of benzene rings is 2. The summed E-state index contributed by atoms with van der Waals surface area (Å²) in [5.41, 5.74) is 7.46. The van der Waals surface area contributed by atoms with Crippen molar-refractivity contribution >= 4 is 17.5 Å². The summed E-state index contributed by atoms with van der Waals surface area (Å²) in [6.45, 7) is 1.57. The maximum absolute atomic E-state index is 13.9. The van der Waals surface area contributed by atoms with Gasteiger partial charge in [-0.05, 0) is 41.8 Å². The molecule has 0 aliphatic carbocycles. The van der Waals surface area contributed by atoms with Crippen molar-refractivity contribution in [2.45, 2.75) is 26.2 Å². The van der Waals surface area contributed by atoms with Gasteiger partial charge in [-0.3, -0.25) is 4.79 Å². The molecule has 2 heterocycles. The number of rotatable bonds is 7. The van der Waals surface area contributed by atoms with Gasteiger partial charge in [0, 0.05) is 36.6 Å². The second-order valence-electron chi connectivity index (χ2n) is 8.49. The van der Waals surface area contributed by atoms with E-state index in [0.717, 1.165) is 28.3 Å². The molecule has 0 fully saturated rings. The van der Waals surface area contributed by atoms with Gasteiger partial charge in [0.25, 0.3) is 5.91 Å². The van der Waals surface area contributed by atoms with Gasteiger partial charge in [-0.1, -0.05) is 36.4 Å². The van der Waals surface area contributed by atoms with Crippen LogP contribution in [0, 0.1) is 18.6 Å². The fourth-order valence-electron chi connectivity index (χ4n) is 3.63. The number of anilines is 2. The van der Waals surface area contributed by atoms with Crippen molar-refractivity contribution in [2.75, 3.05) is 11.1 Å². The second-order valence-corrected chi connectivity index (χ2v) is 8.49. The molecule has 1 amide bonds. The first-order valence-corrected chi connectivity index (χ1v) is 11.4. The van der Waals surface area contributed by atoms with Crippen LogP contribution in [0.25, 0.3) is 11.1 Å². The van der Waals surface area contributed by atoms with Gasteiger partial charge >= 0.3 is 6.18 Å². The average molecular weight is 527 g/mol. The zero-order chi connectivity index (χ0) is 27.4. The highest BCUT2D eigenvalue weighted by atomic mass is 19.4. The number of carbonyl (C=O) groups excluding carboxylic acids is 1. The van der Waals surface area contributed by atoms with E-state index in [0.29, 0.717) is 18.1 Å². The Hall–Kier alpha value is -4.54. The van der Waals surface area contributed by atoms with Crippen LogP contribution in [0.2, 0.25) is 0 Å². The molecular weight excluding hydrogens is 505 g/mol. The minimum atomic E-state index is -4.74. The molecule has 0 spiro atoms. The molecule has 0 unspecified atom stereocenters. The van der Waals surface area contributed by atoms with Gasteiger partial charge in [-0.25, -0.2) is 18.7 Å². The molecule has 196 valence electrons. The monoisotopic (exact) mass is 527 g/mol. The molecule has 0 bridgehead atoms. The zero-order valence-corrected chi connectivity index (χ0v) is 20.0. The molecule has 0 saturated carbocycles. The van der Waals surface area contributed by atoms with Gasteiger partial charge in [0.2, 0.25) is 0 Å². The smallest absolute Gasteiger partial charge is 0.383 e. The van der Waals surface area contributed by atoms with Gasteiger partial charge in [-0.15, -0.1) is 0 Å². The first-order chi connectivity index (χ1) is 18.0. The van der Waals surface area contributed by atoms with Crippen molar-refractivity contribution in [3.05, 3.63) is 106 Å². The fraction of sp³-hybridized carbons (Fsp3) is 0.148. The standard InChI is InChI=1S/C27H22F5N5O/c1-15-9-19(13-34-24(15)33)17-7-5-16(6-8-17)11-35-25-21(10-20(14-36-25)27(30,31)32)26(38)37-12-18-3-2-4-22(28)23(18)29/h2-10,13-14H,11-12H2,1H3,(H2,33,34)(H,35,36)(H,37,38). The highest BCUT2D eigenvalue weighted by Crippen LogP contribution is 2.31. The lowest BCUT2D eigenvalue weighted by Gasteiger charge is -2.15. The van der Waals surface area contributed by atoms with E-state index in [4.69, 9.17) is 5.73 Å². The molecule has 4 rings (SSSR count). The number of hydrogen-bond donors (Lipinski definition) is 3. The van der Waals surface area contributed by atoms with E-state index in [-0.39, 0.29) is 17.9 Å². The summed E-state index contributed by atoms with van der Waals surface area (Å²) in [4.78, 5) is 20.7. The van der Waals surface area contributed by atoms with Gasteiger partial charge < -0.3 is 16.4 Å². The number of aromatic nitrogens is 2. The van der Waals surface area contributed by atoms with E-state index in [2.05, 4.69) is 20.6 Å². The third-order valence-electron chi connectivity index (χ3n) is 5.80. The van der Waals surface area contributed by atoms with Crippen molar-refractivity contribution in [3.63, 3.8) is 0 Å². The Morgan fingerprint density at radius 2 is 1.68 bits per heavy atom. The second kappa shape index (κ2) is 10.8. The number of amides is 1. The highest BCUT2D eigenvalue weighted by molar-refractivity contribution is 5.98. The number of alkyl halides is 3. The summed E-state index contributed by atoms with van der Waals surface area (Å²) in [6.07, 6.45) is -2.46. The quantitative estimate of drug-likeness (QED) is 0.261. The Labute approximate surface area is 214 Å². The number of nitrogens with one attached hydrogen (secondary N) is 2. The number of nitrogens with zero attached hydrogens (tertiary/aromatic N) is 2. The van der Waals surface area contributed by atoms with Crippen LogP contribution in [-0.2, 0) is 19.3 Å². The topological polar surface area (TPSA) is 92.9 Å². The zero-order valence-electron chi connectivity index (χ0n) is 20.0. The minimum absolute atomic E-state index is 0.0994. The molecule has 11 heteroatoms. The summed E-state index contributed by atoms with van der Waals surface area (Å²) in [5, 5.41) is 5.21. The Morgan fingerprint density at radius 1 is 0.947 bits per heavy atom. The number of pyridine rings is 2. The summed E-state index contributed by atoms with van der Waals surface area (Å²) >= 11 is 0. The molecule has 2 aromatic heterocycles. The third-order valence-corrected chi connectivity index (χ3v) is 5.80. The van der Waals surface area contributed by atoms with E-state index in [1.54, 1.807) is 6.20 Å². The lowest BCUT2D eigenvalue weighted by molar-refractivity contribution is -0.137. The highest BCUT2D eigenvalue weighted by Gasteiger charge is 2.32. The molecule has 38 heavy (non-hydrogen) atoms. The van der Waals surface area contributed by atoms with E-state index < -0.39 is 41.4 Å². The molecule has 0 aliphatic heterocycles. The third kappa shape index (κ3) is 6.05. The number of hydrogen-bond acceptors (Lipinski definition) is 5. The van der Waals surface area contributed by atoms with E-state index in [9.17, 15) is 26.7 Å². The normalized spacial score (nSPS) is 11.3. The van der Waals surface area contributed by atoms with Gasteiger partial charge in [-0.2, -0.15) is 13.2 Å². The average Bonchev–Trinajstić information content (AvgIpc) is 2.89. The van der Waals surface area contributed by atoms with E-state index in [1.165, 1.54) is 12.1 Å². The molecule has 0 atom stereocenters. The summed E-state index contributed by atoms with van der Waals surface area (Å²) < 4.78 is 67.3. The van der Waals surface area contributed by atoms with Crippen LogP contribution in [0.1, 0.15) is 32.6 Å². The first-order valence-electron chi connectivity index (χ1n) is 11.4. The predicted octanol–water partition coefficient (Wildman–Crippen LogP) is 5.87.